The maximum atomic E-state index is 13.6. The molecule has 0 spiro atoms. The molecule has 0 aromatic heterocycles. The summed E-state index contributed by atoms with van der Waals surface area (Å²) >= 11 is 0. The van der Waals surface area contributed by atoms with E-state index >= 15 is 0 Å². The number of alkyl halides is 1. The van der Waals surface area contributed by atoms with Crippen LogP contribution in [0.15, 0.2) is 0 Å². The van der Waals surface area contributed by atoms with E-state index < -0.39 is 42.7 Å². The first-order chi connectivity index (χ1) is 9.35. The molecule has 0 rings (SSSR count). The Bertz CT molecular complexity index is 335. The van der Waals surface area contributed by atoms with Crippen molar-refractivity contribution in [2.24, 2.45) is 5.90 Å². The SMILES string of the molecule is CC(C)(C)OC(=O)N(CC(F)CON)C(=O)OC(C)(C)C. The van der Waals surface area contributed by atoms with Gasteiger partial charge >= 0.3 is 12.2 Å². The number of hydrogen-bond acceptors (Lipinski definition) is 6. The molecule has 0 aromatic rings. The normalized spacial score (nSPS) is 13.5. The van der Waals surface area contributed by atoms with E-state index in [4.69, 9.17) is 15.4 Å². The Kier molecular flexibility index (Phi) is 7.05. The molecule has 0 bridgehead atoms. The Morgan fingerprint density at radius 1 is 1.05 bits per heavy atom. The van der Waals surface area contributed by atoms with Crippen molar-refractivity contribution in [2.45, 2.75) is 58.9 Å². The van der Waals surface area contributed by atoms with Crippen molar-refractivity contribution < 1.29 is 28.3 Å². The minimum absolute atomic E-state index is 0.456. The molecule has 21 heavy (non-hydrogen) atoms. The zero-order valence-electron chi connectivity index (χ0n) is 13.4. The first-order valence-corrected chi connectivity index (χ1v) is 6.55. The van der Waals surface area contributed by atoms with Gasteiger partial charge in [-0.2, -0.15) is 0 Å². The summed E-state index contributed by atoms with van der Waals surface area (Å²) in [5.41, 5.74) is -1.65. The summed E-state index contributed by atoms with van der Waals surface area (Å²) in [5, 5.41) is 0. The smallest absolute Gasteiger partial charge is 0.419 e. The summed E-state index contributed by atoms with van der Waals surface area (Å²) in [6.07, 6.45) is -3.62. The summed E-state index contributed by atoms with van der Waals surface area (Å²) < 4.78 is 23.7. The first kappa shape index (κ1) is 19.6. The largest absolute Gasteiger partial charge is 0.443 e. The highest BCUT2D eigenvalue weighted by atomic mass is 19.1. The fourth-order valence-corrected chi connectivity index (χ4v) is 1.21. The fourth-order valence-electron chi connectivity index (χ4n) is 1.21. The standard InChI is InChI=1S/C13H25FN2O5/c1-12(2,3)20-10(17)16(7-9(14)8-19-15)11(18)21-13(4,5)6/h9H,7-8,15H2,1-6H3. The number of amides is 2. The minimum Gasteiger partial charge on any atom is -0.443 e. The Hall–Kier alpha value is -1.41. The van der Waals surface area contributed by atoms with Crippen molar-refractivity contribution in [1.82, 2.24) is 4.90 Å². The molecule has 2 amide bonds. The van der Waals surface area contributed by atoms with Gasteiger partial charge in [-0.25, -0.2) is 24.8 Å². The molecule has 0 aromatic carbocycles. The molecular formula is C13H25FN2O5. The van der Waals surface area contributed by atoms with E-state index in [1.54, 1.807) is 41.5 Å². The Morgan fingerprint density at radius 2 is 1.43 bits per heavy atom. The van der Waals surface area contributed by atoms with Gasteiger partial charge in [0.05, 0.1) is 6.54 Å². The third-order valence-electron chi connectivity index (χ3n) is 1.89. The van der Waals surface area contributed by atoms with Crippen LogP contribution in [0.5, 0.6) is 0 Å². The molecule has 1 unspecified atom stereocenters. The monoisotopic (exact) mass is 308 g/mol. The van der Waals surface area contributed by atoms with E-state index in [1.807, 2.05) is 0 Å². The molecule has 124 valence electrons. The lowest BCUT2D eigenvalue weighted by Crippen LogP contribution is -2.46. The summed E-state index contributed by atoms with van der Waals surface area (Å²) in [6.45, 7) is 8.77. The minimum atomic E-state index is -1.64. The molecule has 0 radical (unpaired) electrons. The topological polar surface area (TPSA) is 91.1 Å². The summed E-state index contributed by atoms with van der Waals surface area (Å²) in [7, 11) is 0. The van der Waals surface area contributed by atoms with Gasteiger partial charge in [-0.1, -0.05) is 0 Å². The number of nitrogens with two attached hydrogens (primary N) is 1. The highest BCUT2D eigenvalue weighted by Gasteiger charge is 2.33. The Labute approximate surface area is 124 Å². The van der Waals surface area contributed by atoms with Crippen molar-refractivity contribution in [3.63, 3.8) is 0 Å². The number of nitrogens with zero attached hydrogens (tertiary/aromatic N) is 1. The molecule has 0 aliphatic carbocycles. The fraction of sp³-hybridized carbons (Fsp3) is 0.846. The second-order valence-corrected chi connectivity index (χ2v) is 6.50. The van der Waals surface area contributed by atoms with Crippen LogP contribution in [-0.2, 0) is 14.3 Å². The van der Waals surface area contributed by atoms with Gasteiger partial charge in [0.2, 0.25) is 0 Å². The zero-order chi connectivity index (χ0) is 16.8. The zero-order valence-corrected chi connectivity index (χ0v) is 13.4. The average molecular weight is 308 g/mol. The highest BCUT2D eigenvalue weighted by Crippen LogP contribution is 2.15. The Balaban J connectivity index is 5.00. The molecule has 2 N–H and O–H groups in total. The average Bonchev–Trinajstić information content (AvgIpc) is 2.20. The number of rotatable bonds is 4. The summed E-state index contributed by atoms with van der Waals surface area (Å²) in [4.78, 5) is 28.7. The number of carbonyl (C=O) groups is 2. The molecule has 0 saturated carbocycles. The molecule has 0 saturated heterocycles. The van der Waals surface area contributed by atoms with Gasteiger partial charge in [-0.15, -0.1) is 0 Å². The predicted molar refractivity (Wildman–Crippen MR) is 74.2 cm³/mol. The summed E-state index contributed by atoms with van der Waals surface area (Å²) in [6, 6.07) is 0. The lowest BCUT2D eigenvalue weighted by molar-refractivity contribution is -0.00828. The second-order valence-electron chi connectivity index (χ2n) is 6.50. The van der Waals surface area contributed by atoms with Crippen molar-refractivity contribution >= 4 is 12.2 Å². The van der Waals surface area contributed by atoms with E-state index in [1.165, 1.54) is 0 Å². The van der Waals surface area contributed by atoms with Crippen LogP contribution in [0.3, 0.4) is 0 Å². The number of halogens is 1. The first-order valence-electron chi connectivity index (χ1n) is 6.55. The van der Waals surface area contributed by atoms with E-state index in [-0.39, 0.29) is 0 Å². The number of hydrogen-bond donors (Lipinski definition) is 1. The maximum Gasteiger partial charge on any atom is 0.419 e. The molecule has 0 fully saturated rings. The second kappa shape index (κ2) is 7.56. The lowest BCUT2D eigenvalue weighted by Gasteiger charge is -2.29. The number of ether oxygens (including phenoxy) is 2. The molecular weight excluding hydrogens is 283 g/mol. The van der Waals surface area contributed by atoms with E-state index in [0.717, 1.165) is 0 Å². The van der Waals surface area contributed by atoms with Crippen LogP contribution in [0.4, 0.5) is 14.0 Å². The molecule has 0 aliphatic heterocycles. The van der Waals surface area contributed by atoms with Gasteiger partial charge in [0, 0.05) is 0 Å². The molecule has 8 heteroatoms. The number of imide groups is 1. The lowest BCUT2D eigenvalue weighted by atomic mass is 10.2. The molecule has 1 atom stereocenters. The van der Waals surface area contributed by atoms with Crippen LogP contribution in [0, 0.1) is 0 Å². The van der Waals surface area contributed by atoms with Gasteiger partial charge in [-0.05, 0) is 41.5 Å². The van der Waals surface area contributed by atoms with Crippen molar-refractivity contribution in [3.05, 3.63) is 0 Å². The van der Waals surface area contributed by atoms with Crippen LogP contribution in [-0.4, -0.2) is 47.6 Å². The van der Waals surface area contributed by atoms with Gasteiger partial charge in [-0.3, -0.25) is 0 Å². The molecule has 0 aliphatic rings. The van der Waals surface area contributed by atoms with Crippen LogP contribution < -0.4 is 5.90 Å². The Morgan fingerprint density at radius 3 is 1.71 bits per heavy atom. The van der Waals surface area contributed by atoms with E-state index in [2.05, 4.69) is 4.84 Å². The predicted octanol–water partition coefficient (Wildman–Crippen LogP) is 2.39. The van der Waals surface area contributed by atoms with Gasteiger partial charge in [0.1, 0.15) is 24.0 Å². The molecule has 0 heterocycles. The highest BCUT2D eigenvalue weighted by molar-refractivity contribution is 5.88. The molecule has 7 nitrogen and oxygen atoms in total. The van der Waals surface area contributed by atoms with Crippen molar-refractivity contribution in [1.29, 1.82) is 0 Å². The third kappa shape index (κ3) is 9.19. The third-order valence-corrected chi connectivity index (χ3v) is 1.89. The van der Waals surface area contributed by atoms with Gasteiger partial charge in [0.25, 0.3) is 0 Å². The van der Waals surface area contributed by atoms with E-state index in [0.29, 0.717) is 4.90 Å². The van der Waals surface area contributed by atoms with Crippen LogP contribution >= 0.6 is 0 Å². The van der Waals surface area contributed by atoms with Gasteiger partial charge in [0.15, 0.2) is 0 Å². The summed E-state index contributed by atoms with van der Waals surface area (Å²) in [5.74, 6) is 4.77. The van der Waals surface area contributed by atoms with Crippen molar-refractivity contribution in [3.8, 4) is 0 Å². The van der Waals surface area contributed by atoms with Crippen LogP contribution in [0.1, 0.15) is 41.5 Å². The van der Waals surface area contributed by atoms with Crippen molar-refractivity contribution in [2.75, 3.05) is 13.2 Å². The van der Waals surface area contributed by atoms with Crippen LogP contribution in [0.2, 0.25) is 0 Å². The van der Waals surface area contributed by atoms with Crippen LogP contribution in [0.25, 0.3) is 0 Å². The maximum absolute atomic E-state index is 13.6. The van der Waals surface area contributed by atoms with Gasteiger partial charge < -0.3 is 14.3 Å². The number of carbonyl (C=O) groups excluding carboxylic acids is 2. The van der Waals surface area contributed by atoms with E-state index in [9.17, 15) is 14.0 Å². The quantitative estimate of drug-likeness (QED) is 0.802.